The van der Waals surface area contributed by atoms with Gasteiger partial charge in [-0.25, -0.2) is 13.6 Å². The van der Waals surface area contributed by atoms with Crippen LogP contribution < -0.4 is 10.5 Å². The summed E-state index contributed by atoms with van der Waals surface area (Å²) in [5, 5.41) is 7.94. The zero-order valence-corrected chi connectivity index (χ0v) is 15.2. The molecule has 0 unspecified atom stereocenters. The summed E-state index contributed by atoms with van der Waals surface area (Å²) in [5.41, 5.74) is 4.13. The van der Waals surface area contributed by atoms with Crippen LogP contribution in [0.25, 0.3) is 0 Å². The molecule has 0 aliphatic heterocycles. The zero-order valence-electron chi connectivity index (χ0n) is 14.4. The third-order valence-electron chi connectivity index (χ3n) is 4.02. The number of primary sulfonamides is 1. The Balaban J connectivity index is 2.18. The van der Waals surface area contributed by atoms with Crippen LogP contribution in [0.15, 0.2) is 42.7 Å². The lowest BCUT2D eigenvalue weighted by Crippen LogP contribution is -2.30. The lowest BCUT2D eigenvalue weighted by Gasteiger charge is -2.20. The first kappa shape index (κ1) is 19.1. The van der Waals surface area contributed by atoms with Crippen molar-refractivity contribution in [3.63, 3.8) is 0 Å². The normalized spacial score (nSPS) is 12.6. The Labute approximate surface area is 148 Å². The highest BCUT2D eigenvalue weighted by Crippen LogP contribution is 2.23. The molecule has 2 aromatic rings. The molecule has 2 rings (SSSR count). The summed E-state index contributed by atoms with van der Waals surface area (Å²) in [4.78, 5) is 16.4. The van der Waals surface area contributed by atoms with E-state index in [1.54, 1.807) is 12.4 Å². The van der Waals surface area contributed by atoms with Crippen molar-refractivity contribution in [2.45, 2.75) is 32.7 Å². The lowest BCUT2D eigenvalue weighted by molar-refractivity contribution is -0.121. The molecule has 1 heterocycles. The van der Waals surface area contributed by atoms with Crippen LogP contribution in [-0.2, 0) is 14.8 Å². The molecule has 0 aliphatic carbocycles. The van der Waals surface area contributed by atoms with E-state index >= 15 is 0 Å². The molecule has 1 aromatic heterocycles. The fourth-order valence-electron chi connectivity index (χ4n) is 2.52. The second-order valence-corrected chi connectivity index (χ2v) is 7.84. The average Bonchev–Trinajstić information content (AvgIpc) is 2.55. The molecule has 0 radical (unpaired) electrons. The molecule has 1 amide bonds. The minimum atomic E-state index is -3.55. The molecule has 0 bridgehead atoms. The molecule has 0 aliphatic rings. The molecular weight excluding hydrogens is 338 g/mol. The van der Waals surface area contributed by atoms with Crippen molar-refractivity contribution in [3.8, 4) is 0 Å². The number of nitrogens with zero attached hydrogens (tertiary/aromatic N) is 1. The predicted molar refractivity (Wildman–Crippen MR) is 97.3 cm³/mol. The SMILES string of the molecule is Cc1ccc([C@@H](NC(=O)CCCS(N)(=O)=O)c2cccnc2)cc1C. The van der Waals surface area contributed by atoms with Gasteiger partial charge in [0.1, 0.15) is 0 Å². The Bertz CT molecular complexity index is 836. The summed E-state index contributed by atoms with van der Waals surface area (Å²) >= 11 is 0. The lowest BCUT2D eigenvalue weighted by atomic mass is 9.96. The number of amides is 1. The largest absolute Gasteiger partial charge is 0.345 e. The molecule has 6 nitrogen and oxygen atoms in total. The van der Waals surface area contributed by atoms with E-state index in [1.165, 1.54) is 5.56 Å². The molecule has 0 saturated carbocycles. The van der Waals surface area contributed by atoms with Crippen LogP contribution in [-0.4, -0.2) is 25.1 Å². The summed E-state index contributed by atoms with van der Waals surface area (Å²) in [7, 11) is -3.55. The Morgan fingerprint density at radius 1 is 1.20 bits per heavy atom. The maximum absolute atomic E-state index is 12.3. The quantitative estimate of drug-likeness (QED) is 0.787. The van der Waals surface area contributed by atoms with E-state index in [9.17, 15) is 13.2 Å². The molecule has 0 spiro atoms. The van der Waals surface area contributed by atoms with Crippen molar-refractivity contribution >= 4 is 15.9 Å². The van der Waals surface area contributed by atoms with Gasteiger partial charge < -0.3 is 5.32 Å². The number of carbonyl (C=O) groups excluding carboxylic acids is 1. The molecule has 1 aromatic carbocycles. The van der Waals surface area contributed by atoms with Crippen LogP contribution >= 0.6 is 0 Å². The number of hydrogen-bond acceptors (Lipinski definition) is 4. The fourth-order valence-corrected chi connectivity index (χ4v) is 3.06. The molecule has 134 valence electrons. The van der Waals surface area contributed by atoms with E-state index in [0.29, 0.717) is 0 Å². The van der Waals surface area contributed by atoms with Crippen LogP contribution in [0.5, 0.6) is 0 Å². The van der Waals surface area contributed by atoms with Gasteiger partial charge in [-0.15, -0.1) is 0 Å². The Morgan fingerprint density at radius 2 is 1.96 bits per heavy atom. The Kier molecular flexibility index (Phi) is 6.27. The third kappa shape index (κ3) is 5.95. The van der Waals surface area contributed by atoms with Crippen molar-refractivity contribution in [2.75, 3.05) is 5.75 Å². The monoisotopic (exact) mass is 361 g/mol. The molecule has 3 N–H and O–H groups in total. The highest BCUT2D eigenvalue weighted by molar-refractivity contribution is 7.89. The number of nitrogens with two attached hydrogens (primary N) is 1. The minimum Gasteiger partial charge on any atom is -0.345 e. The van der Waals surface area contributed by atoms with Crippen LogP contribution in [0, 0.1) is 13.8 Å². The standard InChI is InChI=1S/C18H23N3O3S/c1-13-7-8-15(11-14(13)2)18(16-5-3-9-20-12-16)21-17(22)6-4-10-25(19,23)24/h3,5,7-9,11-12,18H,4,6,10H2,1-2H3,(H,21,22)(H2,19,23,24)/t18-/m1/s1. The highest BCUT2D eigenvalue weighted by Gasteiger charge is 2.18. The first-order chi connectivity index (χ1) is 11.8. The van der Waals surface area contributed by atoms with Gasteiger partial charge in [-0.2, -0.15) is 0 Å². The van der Waals surface area contributed by atoms with Gasteiger partial charge in [-0.3, -0.25) is 9.78 Å². The first-order valence-electron chi connectivity index (χ1n) is 8.03. The van der Waals surface area contributed by atoms with Crippen molar-refractivity contribution < 1.29 is 13.2 Å². The van der Waals surface area contributed by atoms with Crippen molar-refractivity contribution in [1.82, 2.24) is 10.3 Å². The second kappa shape index (κ2) is 8.22. The molecule has 25 heavy (non-hydrogen) atoms. The number of carbonyl (C=O) groups is 1. The zero-order chi connectivity index (χ0) is 18.4. The third-order valence-corrected chi connectivity index (χ3v) is 4.88. The summed E-state index contributed by atoms with van der Waals surface area (Å²) < 4.78 is 22.0. The number of aromatic nitrogens is 1. The van der Waals surface area contributed by atoms with E-state index in [2.05, 4.69) is 10.3 Å². The summed E-state index contributed by atoms with van der Waals surface area (Å²) in [6.07, 6.45) is 3.68. The van der Waals surface area contributed by atoms with Crippen molar-refractivity contribution in [1.29, 1.82) is 0 Å². The van der Waals surface area contributed by atoms with Gasteiger partial charge in [-0.1, -0.05) is 24.3 Å². The number of sulfonamides is 1. The Hall–Kier alpha value is -2.25. The van der Waals surface area contributed by atoms with E-state index in [4.69, 9.17) is 5.14 Å². The average molecular weight is 361 g/mol. The van der Waals surface area contributed by atoms with Crippen molar-refractivity contribution in [2.24, 2.45) is 5.14 Å². The summed E-state index contributed by atoms with van der Waals surface area (Å²) in [5.74, 6) is -0.433. The molecule has 7 heteroatoms. The highest BCUT2D eigenvalue weighted by atomic mass is 32.2. The molecule has 0 saturated heterocycles. The predicted octanol–water partition coefficient (Wildman–Crippen LogP) is 1.97. The van der Waals surface area contributed by atoms with E-state index in [-0.39, 0.29) is 30.5 Å². The van der Waals surface area contributed by atoms with Gasteiger partial charge in [0, 0.05) is 18.8 Å². The molecule has 1 atom stereocenters. The number of nitrogens with one attached hydrogen (secondary N) is 1. The molecule has 0 fully saturated rings. The number of hydrogen-bond donors (Lipinski definition) is 2. The summed E-state index contributed by atoms with van der Waals surface area (Å²) in [6, 6.07) is 9.41. The summed E-state index contributed by atoms with van der Waals surface area (Å²) in [6.45, 7) is 4.05. The maximum Gasteiger partial charge on any atom is 0.220 e. The minimum absolute atomic E-state index is 0.0953. The number of rotatable bonds is 7. The number of aryl methyl sites for hydroxylation is 2. The fraction of sp³-hybridized carbons (Fsp3) is 0.333. The second-order valence-electron chi connectivity index (χ2n) is 6.10. The van der Waals surface area contributed by atoms with Crippen LogP contribution in [0.2, 0.25) is 0 Å². The van der Waals surface area contributed by atoms with Gasteiger partial charge in [-0.05, 0) is 48.6 Å². The van der Waals surface area contributed by atoms with Gasteiger partial charge in [0.05, 0.1) is 11.8 Å². The van der Waals surface area contributed by atoms with Gasteiger partial charge in [0.25, 0.3) is 0 Å². The topological polar surface area (TPSA) is 102 Å². The van der Waals surface area contributed by atoms with Crippen LogP contribution in [0.1, 0.15) is 41.1 Å². The van der Waals surface area contributed by atoms with Gasteiger partial charge >= 0.3 is 0 Å². The number of pyridine rings is 1. The number of benzene rings is 1. The van der Waals surface area contributed by atoms with Gasteiger partial charge in [0.2, 0.25) is 15.9 Å². The maximum atomic E-state index is 12.3. The smallest absolute Gasteiger partial charge is 0.220 e. The van der Waals surface area contributed by atoms with E-state index in [1.807, 2.05) is 44.2 Å². The first-order valence-corrected chi connectivity index (χ1v) is 9.75. The molecular formula is C18H23N3O3S. The van der Waals surface area contributed by atoms with Gasteiger partial charge in [0.15, 0.2) is 0 Å². The Morgan fingerprint density at radius 3 is 2.56 bits per heavy atom. The van der Waals surface area contributed by atoms with E-state index in [0.717, 1.165) is 16.7 Å². The van der Waals surface area contributed by atoms with Crippen molar-refractivity contribution in [3.05, 3.63) is 65.0 Å². The van der Waals surface area contributed by atoms with Crippen LogP contribution in [0.4, 0.5) is 0 Å². The van der Waals surface area contributed by atoms with Crippen LogP contribution in [0.3, 0.4) is 0 Å². The van der Waals surface area contributed by atoms with E-state index < -0.39 is 10.0 Å².